The Morgan fingerprint density at radius 3 is 2.82 bits per heavy atom. The molecule has 0 radical (unpaired) electrons. The molecular weight excluding hydrogens is 511 g/mol. The molecule has 0 amide bonds. The van der Waals surface area contributed by atoms with Gasteiger partial charge in [-0.3, -0.25) is 9.51 Å². The highest BCUT2D eigenvalue weighted by Gasteiger charge is 2.24. The minimum atomic E-state index is -0.652. The van der Waals surface area contributed by atoms with Crippen LogP contribution in [0.1, 0.15) is 46.4 Å². The molecule has 1 aliphatic heterocycles. The van der Waals surface area contributed by atoms with Gasteiger partial charge in [0, 0.05) is 48.0 Å². The minimum Gasteiger partial charge on any atom is -0.488 e. The quantitative estimate of drug-likeness (QED) is 0.325. The normalized spacial score (nSPS) is 14.1. The molecule has 1 aliphatic rings. The minimum absolute atomic E-state index is 0.236. The number of aromatic amines is 1. The molecule has 6 rings (SSSR count). The molecule has 0 aliphatic carbocycles. The average molecular weight is 533 g/mol. The average Bonchev–Trinajstić information content (AvgIpc) is 3.43. The highest BCUT2D eigenvalue weighted by Crippen LogP contribution is 2.41. The van der Waals surface area contributed by atoms with Gasteiger partial charge in [0.15, 0.2) is 5.82 Å². The molecule has 0 fully saturated rings. The van der Waals surface area contributed by atoms with Crippen LogP contribution in [-0.4, -0.2) is 26.6 Å². The van der Waals surface area contributed by atoms with Crippen molar-refractivity contribution >= 4 is 28.4 Å². The third kappa shape index (κ3) is 4.29. The second-order valence-electron chi connectivity index (χ2n) is 9.05. The lowest BCUT2D eigenvalue weighted by Gasteiger charge is -2.14. The summed E-state index contributed by atoms with van der Waals surface area (Å²) in [5.41, 5.74) is 7.54. The van der Waals surface area contributed by atoms with E-state index in [1.165, 1.54) is 12.1 Å². The van der Waals surface area contributed by atoms with Crippen LogP contribution in [0.3, 0.4) is 0 Å². The van der Waals surface area contributed by atoms with Crippen LogP contribution in [-0.2, 0) is 24.4 Å². The summed E-state index contributed by atoms with van der Waals surface area (Å²) >= 11 is 6.19. The number of nitrogens with zero attached hydrogens (tertiary/aromatic N) is 3. The van der Waals surface area contributed by atoms with Gasteiger partial charge in [0.25, 0.3) is 0 Å². The third-order valence-electron chi connectivity index (χ3n) is 6.63. The molecule has 0 unspecified atom stereocenters. The molecule has 10 heteroatoms. The lowest BCUT2D eigenvalue weighted by molar-refractivity contribution is 0.181. The Morgan fingerprint density at radius 2 is 2.03 bits per heavy atom. The second kappa shape index (κ2) is 9.59. The Bertz CT molecular complexity index is 1790. The number of hydrogen-bond acceptors (Lipinski definition) is 6. The fraction of sp³-hybridized carbons (Fsp3) is 0.179. The smallest absolute Gasteiger partial charge is 0.439 e. The first-order valence-corrected chi connectivity index (χ1v) is 12.3. The predicted octanol–water partition coefficient (Wildman–Crippen LogP) is 5.41. The molecule has 192 valence electrons. The van der Waals surface area contributed by atoms with Crippen LogP contribution in [0.25, 0.3) is 16.8 Å². The SMILES string of the molecule is COCc1nc2cc(Cl)ccn2c1Cc1ccc2c(c1)COc1cc(F)ccc1/C2=C(\C)c1noc(=O)[nH]1. The summed E-state index contributed by atoms with van der Waals surface area (Å²) in [4.78, 5) is 19.0. The van der Waals surface area contributed by atoms with Crippen LogP contribution in [0.15, 0.2) is 64.0 Å². The van der Waals surface area contributed by atoms with Gasteiger partial charge in [-0.15, -0.1) is 0 Å². The van der Waals surface area contributed by atoms with Crippen molar-refractivity contribution in [2.45, 2.75) is 26.6 Å². The van der Waals surface area contributed by atoms with E-state index in [1.807, 2.05) is 41.8 Å². The monoisotopic (exact) mass is 532 g/mol. The van der Waals surface area contributed by atoms with E-state index in [1.54, 1.807) is 13.2 Å². The van der Waals surface area contributed by atoms with Gasteiger partial charge < -0.3 is 13.9 Å². The van der Waals surface area contributed by atoms with Crippen molar-refractivity contribution in [3.8, 4) is 5.75 Å². The largest absolute Gasteiger partial charge is 0.488 e. The molecule has 1 N–H and O–H groups in total. The van der Waals surface area contributed by atoms with Crippen LogP contribution in [0, 0.1) is 5.82 Å². The number of fused-ring (bicyclic) bond motifs is 3. The maximum atomic E-state index is 14.1. The standard InChI is InChI=1S/C28H22ClFN4O4/c1-15(27-32-28(35)38-33-27)26-20-5-3-16(9-17(20)13-37-24-12-19(30)4-6-21(24)26)10-23-22(14-36-2)31-25-11-18(29)7-8-34(23)25/h3-9,11-12H,10,13-14H2,1-2H3,(H,32,33,35)/b26-15+. The van der Waals surface area contributed by atoms with E-state index >= 15 is 0 Å². The Balaban J connectivity index is 1.48. The number of nitrogens with one attached hydrogen (secondary N) is 1. The van der Waals surface area contributed by atoms with Crippen molar-refractivity contribution in [3.63, 3.8) is 0 Å². The fourth-order valence-electron chi connectivity index (χ4n) is 4.91. The van der Waals surface area contributed by atoms with Crippen molar-refractivity contribution in [3.05, 3.63) is 116 Å². The van der Waals surface area contributed by atoms with E-state index < -0.39 is 11.6 Å². The molecule has 3 aromatic heterocycles. The first-order valence-electron chi connectivity index (χ1n) is 11.9. The molecule has 0 saturated heterocycles. The van der Waals surface area contributed by atoms with Crippen LogP contribution >= 0.6 is 11.6 Å². The lowest BCUT2D eigenvalue weighted by Crippen LogP contribution is -2.03. The van der Waals surface area contributed by atoms with Gasteiger partial charge in [-0.1, -0.05) is 35.0 Å². The molecular formula is C28H22ClFN4O4. The summed E-state index contributed by atoms with van der Waals surface area (Å²) in [6.07, 6.45) is 2.49. The lowest BCUT2D eigenvalue weighted by atomic mass is 9.89. The first-order chi connectivity index (χ1) is 18.4. The highest BCUT2D eigenvalue weighted by atomic mass is 35.5. The number of H-pyrrole nitrogens is 1. The van der Waals surface area contributed by atoms with Gasteiger partial charge >= 0.3 is 5.76 Å². The number of pyridine rings is 1. The number of rotatable bonds is 5. The molecule has 0 atom stereocenters. The third-order valence-corrected chi connectivity index (χ3v) is 6.86. The van der Waals surface area contributed by atoms with Gasteiger partial charge in [-0.05, 0) is 47.4 Å². The molecule has 0 spiro atoms. The summed E-state index contributed by atoms with van der Waals surface area (Å²) in [7, 11) is 1.64. The van der Waals surface area contributed by atoms with Crippen molar-refractivity contribution in [2.24, 2.45) is 0 Å². The predicted molar refractivity (Wildman–Crippen MR) is 140 cm³/mol. The Hall–Kier alpha value is -4.21. The van der Waals surface area contributed by atoms with Crippen molar-refractivity contribution in [2.75, 3.05) is 7.11 Å². The fourth-order valence-corrected chi connectivity index (χ4v) is 5.06. The Morgan fingerprint density at radius 1 is 1.18 bits per heavy atom. The van der Waals surface area contributed by atoms with E-state index in [-0.39, 0.29) is 6.61 Å². The molecule has 2 aromatic carbocycles. The van der Waals surface area contributed by atoms with Crippen LogP contribution in [0.5, 0.6) is 5.75 Å². The number of imidazole rings is 1. The number of allylic oxidation sites excluding steroid dienone is 1. The van der Waals surface area contributed by atoms with E-state index in [2.05, 4.69) is 16.2 Å². The zero-order chi connectivity index (χ0) is 26.4. The highest BCUT2D eigenvalue weighted by molar-refractivity contribution is 6.30. The van der Waals surface area contributed by atoms with Gasteiger partial charge in [0.2, 0.25) is 0 Å². The summed E-state index contributed by atoms with van der Waals surface area (Å²) in [6.45, 7) is 2.44. The van der Waals surface area contributed by atoms with Crippen molar-refractivity contribution in [1.29, 1.82) is 0 Å². The van der Waals surface area contributed by atoms with Gasteiger partial charge in [-0.25, -0.2) is 14.2 Å². The van der Waals surface area contributed by atoms with E-state index in [9.17, 15) is 9.18 Å². The molecule has 8 nitrogen and oxygen atoms in total. The van der Waals surface area contributed by atoms with E-state index in [0.717, 1.165) is 39.3 Å². The second-order valence-corrected chi connectivity index (χ2v) is 9.49. The van der Waals surface area contributed by atoms with Crippen molar-refractivity contribution in [1.82, 2.24) is 19.5 Å². The van der Waals surface area contributed by atoms with Gasteiger partial charge in [0.1, 0.15) is 23.8 Å². The number of ether oxygens (including phenoxy) is 2. The van der Waals surface area contributed by atoms with E-state index in [0.29, 0.717) is 40.8 Å². The summed E-state index contributed by atoms with van der Waals surface area (Å²) in [6, 6.07) is 14.2. The summed E-state index contributed by atoms with van der Waals surface area (Å²) in [5.74, 6) is -0.351. The number of methoxy groups -OCH3 is 1. The zero-order valence-corrected chi connectivity index (χ0v) is 21.3. The van der Waals surface area contributed by atoms with Crippen molar-refractivity contribution < 1.29 is 18.4 Å². The Kier molecular flexibility index (Phi) is 6.09. The topological polar surface area (TPSA) is 94.7 Å². The number of hydrogen-bond donors (Lipinski definition) is 1. The zero-order valence-electron chi connectivity index (χ0n) is 20.5. The van der Waals surface area contributed by atoms with Gasteiger partial charge in [-0.2, -0.15) is 0 Å². The van der Waals surface area contributed by atoms with Crippen LogP contribution in [0.4, 0.5) is 4.39 Å². The maximum absolute atomic E-state index is 14.1. The van der Waals surface area contributed by atoms with Crippen LogP contribution < -0.4 is 10.5 Å². The summed E-state index contributed by atoms with van der Waals surface area (Å²) in [5, 5.41) is 4.48. The van der Waals surface area contributed by atoms with E-state index in [4.69, 9.17) is 30.6 Å². The number of aromatic nitrogens is 4. The molecule has 0 bridgehead atoms. The van der Waals surface area contributed by atoms with Gasteiger partial charge in [0.05, 0.1) is 18.0 Å². The maximum Gasteiger partial charge on any atom is 0.439 e. The summed E-state index contributed by atoms with van der Waals surface area (Å²) < 4.78 is 32.4. The molecule has 4 heterocycles. The Labute approximate surface area is 221 Å². The number of benzene rings is 2. The molecule has 0 saturated carbocycles. The molecule has 38 heavy (non-hydrogen) atoms. The number of halogens is 2. The van der Waals surface area contributed by atoms with Crippen LogP contribution in [0.2, 0.25) is 5.02 Å². The first kappa shape index (κ1) is 24.1. The molecule has 5 aromatic rings.